The van der Waals surface area contributed by atoms with E-state index in [-0.39, 0.29) is 23.9 Å². The summed E-state index contributed by atoms with van der Waals surface area (Å²) in [5, 5.41) is 9.39. The van der Waals surface area contributed by atoms with Gasteiger partial charge in [0.1, 0.15) is 11.9 Å². The van der Waals surface area contributed by atoms with Gasteiger partial charge in [-0.05, 0) is 20.8 Å². The van der Waals surface area contributed by atoms with Crippen molar-refractivity contribution in [3.8, 4) is 0 Å². The summed E-state index contributed by atoms with van der Waals surface area (Å²) in [6, 6.07) is 0.629. The van der Waals surface area contributed by atoms with E-state index in [0.717, 1.165) is 0 Å². The van der Waals surface area contributed by atoms with Crippen molar-refractivity contribution in [3.05, 3.63) is 12.3 Å². The Bertz CT molecular complexity index is 670. The van der Waals surface area contributed by atoms with Crippen molar-refractivity contribution in [1.82, 2.24) is 24.9 Å². The highest BCUT2D eigenvalue weighted by atomic mass is 16.2. The molecule has 2 aliphatic heterocycles. The Balaban J connectivity index is 1.65. The Morgan fingerprint density at radius 3 is 2.79 bits per heavy atom. The maximum atomic E-state index is 12.5. The van der Waals surface area contributed by atoms with E-state index in [2.05, 4.69) is 15.7 Å². The summed E-state index contributed by atoms with van der Waals surface area (Å²) in [7, 11) is 0. The topological polar surface area (TPSA) is 99.6 Å². The zero-order valence-corrected chi connectivity index (χ0v) is 14.0. The van der Waals surface area contributed by atoms with E-state index >= 15 is 0 Å². The van der Waals surface area contributed by atoms with E-state index in [0.29, 0.717) is 25.5 Å². The minimum Gasteiger partial charge on any atom is -0.310 e. The van der Waals surface area contributed by atoms with Crippen LogP contribution in [-0.4, -0.2) is 69.1 Å². The molecule has 130 valence electrons. The predicted molar refractivity (Wildman–Crippen MR) is 86.3 cm³/mol. The summed E-state index contributed by atoms with van der Waals surface area (Å²) in [4.78, 5) is 39.4. The van der Waals surface area contributed by atoms with Crippen LogP contribution in [0, 0.1) is 0 Å². The summed E-state index contributed by atoms with van der Waals surface area (Å²) < 4.78 is 1.74. The Labute approximate surface area is 140 Å². The molecule has 2 saturated heterocycles. The molecular weight excluding hydrogens is 312 g/mol. The van der Waals surface area contributed by atoms with Gasteiger partial charge < -0.3 is 10.2 Å². The number of piperazine rings is 1. The lowest BCUT2D eigenvalue weighted by Gasteiger charge is -2.38. The van der Waals surface area contributed by atoms with Crippen LogP contribution in [0.4, 0.5) is 10.6 Å². The highest BCUT2D eigenvalue weighted by molar-refractivity contribution is 6.04. The maximum absolute atomic E-state index is 12.5. The fraction of sp³-hybridized carbons (Fsp3) is 0.600. The SMILES string of the molecule is CC(C)n1nccc1NC(=O)[C@H](C)N1CCN2C(=O)NC(=O)[C@H]2C1. The van der Waals surface area contributed by atoms with Gasteiger partial charge in [-0.25, -0.2) is 9.48 Å². The van der Waals surface area contributed by atoms with E-state index in [1.165, 1.54) is 4.90 Å². The molecule has 0 aliphatic carbocycles. The lowest BCUT2D eigenvalue weighted by atomic mass is 10.1. The standard InChI is InChI=1S/C15H22N6O3/c1-9(2)21-12(4-5-16-21)17-13(22)10(3)19-6-7-20-11(8-19)14(23)18-15(20)24/h4-5,9-11H,6-8H2,1-3H3,(H,17,22)(H,18,23,24)/t10-,11+/m0/s1. The van der Waals surface area contributed by atoms with Crippen LogP contribution >= 0.6 is 0 Å². The molecule has 3 heterocycles. The number of hydrogen-bond donors (Lipinski definition) is 2. The first-order chi connectivity index (χ1) is 11.4. The lowest BCUT2D eigenvalue weighted by Crippen LogP contribution is -2.57. The molecule has 4 amide bonds. The number of carbonyl (C=O) groups is 3. The summed E-state index contributed by atoms with van der Waals surface area (Å²) in [6.45, 7) is 7.12. The minimum atomic E-state index is -0.511. The van der Waals surface area contributed by atoms with Crippen LogP contribution in [0.2, 0.25) is 0 Å². The molecule has 3 rings (SSSR count). The first-order valence-electron chi connectivity index (χ1n) is 8.08. The molecule has 0 saturated carbocycles. The zero-order chi connectivity index (χ0) is 17.4. The van der Waals surface area contributed by atoms with Crippen molar-refractivity contribution >= 4 is 23.7 Å². The largest absolute Gasteiger partial charge is 0.324 e. The number of amides is 4. The van der Waals surface area contributed by atoms with Crippen molar-refractivity contribution in [1.29, 1.82) is 0 Å². The molecule has 9 nitrogen and oxygen atoms in total. The van der Waals surface area contributed by atoms with E-state index in [9.17, 15) is 14.4 Å². The molecule has 2 N–H and O–H groups in total. The van der Waals surface area contributed by atoms with Crippen LogP contribution in [0.15, 0.2) is 12.3 Å². The van der Waals surface area contributed by atoms with Crippen LogP contribution < -0.4 is 10.6 Å². The van der Waals surface area contributed by atoms with Crippen LogP contribution in [0.25, 0.3) is 0 Å². The Morgan fingerprint density at radius 1 is 1.33 bits per heavy atom. The van der Waals surface area contributed by atoms with Gasteiger partial charge in [0.05, 0.1) is 12.2 Å². The molecule has 0 bridgehead atoms. The van der Waals surface area contributed by atoms with Gasteiger partial charge in [0.15, 0.2) is 0 Å². The lowest BCUT2D eigenvalue weighted by molar-refractivity contribution is -0.126. The second-order valence-corrected chi connectivity index (χ2v) is 6.42. The third-order valence-corrected chi connectivity index (χ3v) is 4.54. The summed E-state index contributed by atoms with van der Waals surface area (Å²) in [5.41, 5.74) is 0. The van der Waals surface area contributed by atoms with Gasteiger partial charge in [-0.2, -0.15) is 5.10 Å². The number of carbonyl (C=O) groups excluding carboxylic acids is 3. The summed E-state index contributed by atoms with van der Waals surface area (Å²) >= 11 is 0. The number of fused-ring (bicyclic) bond motifs is 1. The summed E-state index contributed by atoms with van der Waals surface area (Å²) in [6.07, 6.45) is 1.65. The average molecular weight is 334 g/mol. The molecule has 0 aromatic carbocycles. The molecule has 2 fully saturated rings. The molecule has 2 atom stereocenters. The Hall–Kier alpha value is -2.42. The molecule has 0 unspecified atom stereocenters. The van der Waals surface area contributed by atoms with E-state index in [1.54, 1.807) is 23.9 Å². The maximum Gasteiger partial charge on any atom is 0.324 e. The predicted octanol–water partition coefficient (Wildman–Crippen LogP) is 0.0270. The number of urea groups is 1. The normalized spacial score (nSPS) is 22.5. The third kappa shape index (κ3) is 2.86. The van der Waals surface area contributed by atoms with Crippen molar-refractivity contribution in [2.45, 2.75) is 38.9 Å². The van der Waals surface area contributed by atoms with Crippen LogP contribution in [0.3, 0.4) is 0 Å². The van der Waals surface area contributed by atoms with Crippen LogP contribution in [0.1, 0.15) is 26.8 Å². The number of nitrogens with one attached hydrogen (secondary N) is 2. The fourth-order valence-corrected chi connectivity index (χ4v) is 3.11. The highest BCUT2D eigenvalue weighted by Gasteiger charge is 2.43. The van der Waals surface area contributed by atoms with Crippen LogP contribution in [0.5, 0.6) is 0 Å². The van der Waals surface area contributed by atoms with Crippen molar-refractivity contribution < 1.29 is 14.4 Å². The number of rotatable bonds is 4. The molecule has 24 heavy (non-hydrogen) atoms. The van der Waals surface area contributed by atoms with E-state index < -0.39 is 12.1 Å². The van der Waals surface area contributed by atoms with Gasteiger partial charge in [-0.1, -0.05) is 0 Å². The van der Waals surface area contributed by atoms with Gasteiger partial charge in [-0.15, -0.1) is 0 Å². The minimum absolute atomic E-state index is 0.141. The highest BCUT2D eigenvalue weighted by Crippen LogP contribution is 2.19. The van der Waals surface area contributed by atoms with Gasteiger partial charge >= 0.3 is 6.03 Å². The van der Waals surface area contributed by atoms with Gasteiger partial charge in [0.25, 0.3) is 5.91 Å². The van der Waals surface area contributed by atoms with Gasteiger partial charge in [0, 0.05) is 31.7 Å². The van der Waals surface area contributed by atoms with E-state index in [1.807, 2.05) is 18.7 Å². The van der Waals surface area contributed by atoms with Crippen molar-refractivity contribution in [2.24, 2.45) is 0 Å². The number of nitrogens with zero attached hydrogens (tertiary/aromatic N) is 4. The quantitative estimate of drug-likeness (QED) is 0.757. The average Bonchev–Trinajstić information content (AvgIpc) is 3.11. The number of imide groups is 1. The monoisotopic (exact) mass is 334 g/mol. The summed E-state index contributed by atoms with van der Waals surface area (Å²) in [5.74, 6) is 0.194. The van der Waals surface area contributed by atoms with Crippen LogP contribution in [-0.2, 0) is 9.59 Å². The molecule has 1 aromatic rings. The number of hydrogen-bond acceptors (Lipinski definition) is 5. The second kappa shape index (κ2) is 6.23. The Kier molecular flexibility index (Phi) is 4.27. The van der Waals surface area contributed by atoms with Crippen molar-refractivity contribution in [3.63, 3.8) is 0 Å². The molecule has 1 aromatic heterocycles. The Morgan fingerprint density at radius 2 is 2.08 bits per heavy atom. The van der Waals surface area contributed by atoms with Gasteiger partial charge in [-0.3, -0.25) is 19.8 Å². The third-order valence-electron chi connectivity index (χ3n) is 4.54. The zero-order valence-electron chi connectivity index (χ0n) is 14.0. The molecule has 0 spiro atoms. The van der Waals surface area contributed by atoms with Crippen molar-refractivity contribution in [2.75, 3.05) is 25.0 Å². The molecule has 2 aliphatic rings. The molecule has 9 heteroatoms. The first-order valence-corrected chi connectivity index (χ1v) is 8.08. The van der Waals surface area contributed by atoms with Gasteiger partial charge in [0.2, 0.25) is 5.91 Å². The fourth-order valence-electron chi connectivity index (χ4n) is 3.11. The molecule has 0 radical (unpaired) electrons. The number of anilines is 1. The van der Waals surface area contributed by atoms with E-state index in [4.69, 9.17) is 0 Å². The first kappa shape index (κ1) is 16.4. The number of aromatic nitrogens is 2. The molecular formula is C15H22N6O3. The smallest absolute Gasteiger partial charge is 0.310 e. The second-order valence-electron chi connectivity index (χ2n) is 6.42.